The average molecular weight is 424 g/mol. The Kier molecular flexibility index (Phi) is 5.61. The molecule has 9 heteroatoms. The normalized spacial score (nSPS) is 21.8. The van der Waals surface area contributed by atoms with Crippen LogP contribution in [0.4, 0.5) is 10.5 Å². The molecule has 29 heavy (non-hydrogen) atoms. The zero-order chi connectivity index (χ0) is 20.5. The summed E-state index contributed by atoms with van der Waals surface area (Å²) in [7, 11) is -3.16. The molecule has 4 rings (SSSR count). The van der Waals surface area contributed by atoms with E-state index in [2.05, 4.69) is 10.6 Å². The highest BCUT2D eigenvalue weighted by molar-refractivity contribution is 7.89. The van der Waals surface area contributed by atoms with E-state index in [-0.39, 0.29) is 17.8 Å². The number of carbonyl (C=O) groups is 1. The number of ether oxygens (including phenoxy) is 2. The molecule has 2 amide bonds. The maximum absolute atomic E-state index is 12.4. The molecule has 3 aliphatic rings. The third-order valence-corrected chi connectivity index (χ3v) is 7.84. The van der Waals surface area contributed by atoms with Gasteiger partial charge in [-0.2, -0.15) is 0 Å². The first-order valence-corrected chi connectivity index (χ1v) is 12.1. The largest absolute Gasteiger partial charge is 0.448 e. The van der Waals surface area contributed by atoms with Crippen molar-refractivity contribution < 1.29 is 22.7 Å². The van der Waals surface area contributed by atoms with E-state index >= 15 is 0 Å². The van der Waals surface area contributed by atoms with Crippen LogP contribution in [0.5, 0.6) is 11.5 Å². The van der Waals surface area contributed by atoms with Crippen LogP contribution < -0.4 is 20.1 Å². The molecule has 8 nitrogen and oxygen atoms in total. The highest BCUT2D eigenvalue weighted by Gasteiger charge is 2.42. The van der Waals surface area contributed by atoms with Gasteiger partial charge in [0.2, 0.25) is 10.0 Å². The molecule has 1 saturated heterocycles. The first-order chi connectivity index (χ1) is 13.9. The summed E-state index contributed by atoms with van der Waals surface area (Å²) in [4.78, 5) is 12.4. The fourth-order valence-electron chi connectivity index (χ4n) is 4.28. The highest BCUT2D eigenvalue weighted by Crippen LogP contribution is 2.46. The number of piperidine rings is 1. The number of anilines is 1. The lowest BCUT2D eigenvalue weighted by Crippen LogP contribution is -2.47. The zero-order valence-electron chi connectivity index (χ0n) is 16.8. The molecule has 1 aromatic carbocycles. The van der Waals surface area contributed by atoms with Crippen LogP contribution in [0.1, 0.15) is 51.9 Å². The number of nitrogens with zero attached hydrogens (tertiary/aromatic N) is 1. The molecular weight excluding hydrogens is 394 g/mol. The van der Waals surface area contributed by atoms with Gasteiger partial charge in [-0.1, -0.05) is 6.42 Å². The minimum absolute atomic E-state index is 0.0437. The highest BCUT2D eigenvalue weighted by atomic mass is 32.2. The Hall–Kier alpha value is -2.00. The van der Waals surface area contributed by atoms with Gasteiger partial charge in [0, 0.05) is 43.7 Å². The maximum Gasteiger partial charge on any atom is 0.319 e. The van der Waals surface area contributed by atoms with Gasteiger partial charge in [-0.15, -0.1) is 0 Å². The van der Waals surface area contributed by atoms with Gasteiger partial charge in [0.1, 0.15) is 0 Å². The topological polar surface area (TPSA) is 97.0 Å². The second-order valence-electron chi connectivity index (χ2n) is 8.01. The molecule has 1 spiro atoms. The molecule has 2 aliphatic heterocycles. The van der Waals surface area contributed by atoms with Crippen molar-refractivity contribution in [3.05, 3.63) is 18.2 Å². The summed E-state index contributed by atoms with van der Waals surface area (Å²) in [6.45, 7) is 2.52. The number of sulfonamides is 1. The van der Waals surface area contributed by atoms with Crippen LogP contribution in [0, 0.1) is 0 Å². The number of rotatable bonds is 4. The van der Waals surface area contributed by atoms with Gasteiger partial charge in [-0.25, -0.2) is 17.5 Å². The van der Waals surface area contributed by atoms with Crippen molar-refractivity contribution in [3.63, 3.8) is 0 Å². The van der Waals surface area contributed by atoms with Gasteiger partial charge in [0.05, 0.1) is 5.75 Å². The second kappa shape index (κ2) is 8.02. The van der Waals surface area contributed by atoms with Crippen molar-refractivity contribution in [3.8, 4) is 11.5 Å². The summed E-state index contributed by atoms with van der Waals surface area (Å²) in [5.41, 5.74) is 0.642. The summed E-state index contributed by atoms with van der Waals surface area (Å²) >= 11 is 0. The fourth-order valence-corrected chi connectivity index (χ4v) is 5.41. The van der Waals surface area contributed by atoms with Crippen molar-refractivity contribution in [2.75, 3.05) is 24.2 Å². The molecule has 0 atom stereocenters. The van der Waals surface area contributed by atoms with Crippen LogP contribution in [-0.4, -0.2) is 49.4 Å². The lowest BCUT2D eigenvalue weighted by atomic mass is 9.94. The quantitative estimate of drug-likeness (QED) is 0.776. The molecule has 0 bridgehead atoms. The predicted molar refractivity (Wildman–Crippen MR) is 110 cm³/mol. The molecule has 1 saturated carbocycles. The number of fused-ring (bicyclic) bond motifs is 1. The number of benzene rings is 1. The number of carbonyl (C=O) groups excluding carboxylic acids is 1. The van der Waals surface area contributed by atoms with Crippen LogP contribution in [-0.2, 0) is 10.0 Å². The van der Waals surface area contributed by atoms with E-state index in [1.807, 2.05) is 6.07 Å². The van der Waals surface area contributed by atoms with Crippen LogP contribution in [0.25, 0.3) is 0 Å². The number of nitrogens with one attached hydrogen (secondary N) is 2. The van der Waals surface area contributed by atoms with Crippen molar-refractivity contribution >= 4 is 21.7 Å². The molecule has 2 heterocycles. The summed E-state index contributed by atoms with van der Waals surface area (Å²) in [6.07, 6.45) is 6.39. The SMILES string of the molecule is CCS(=O)(=O)N1CCC(NC(=O)Nc2ccc3c(c2)OC2(CCCCC2)O3)CC1. The molecule has 1 aliphatic carbocycles. The molecule has 0 unspecified atom stereocenters. The van der Waals surface area contributed by atoms with E-state index in [0.717, 1.165) is 31.4 Å². The number of hydrogen-bond donors (Lipinski definition) is 2. The average Bonchev–Trinajstić information content (AvgIpc) is 3.05. The van der Waals surface area contributed by atoms with E-state index in [9.17, 15) is 13.2 Å². The number of urea groups is 1. The molecule has 2 fully saturated rings. The Labute approximate surface area is 172 Å². The number of hydrogen-bond acceptors (Lipinski definition) is 5. The van der Waals surface area contributed by atoms with Gasteiger partial charge in [0.25, 0.3) is 5.79 Å². The molecule has 160 valence electrons. The lowest BCUT2D eigenvalue weighted by Gasteiger charge is -2.31. The Morgan fingerprint density at radius 3 is 2.52 bits per heavy atom. The zero-order valence-corrected chi connectivity index (χ0v) is 17.6. The Morgan fingerprint density at radius 2 is 1.83 bits per heavy atom. The van der Waals surface area contributed by atoms with Crippen LogP contribution in [0.3, 0.4) is 0 Å². The summed E-state index contributed by atoms with van der Waals surface area (Å²) in [5.74, 6) is 0.968. The first kappa shape index (κ1) is 20.3. The van der Waals surface area contributed by atoms with E-state index in [1.54, 1.807) is 19.1 Å². The molecular formula is C20H29N3O5S. The van der Waals surface area contributed by atoms with Crippen molar-refractivity contribution in [1.29, 1.82) is 0 Å². The minimum Gasteiger partial charge on any atom is -0.448 e. The molecule has 0 radical (unpaired) electrons. The maximum atomic E-state index is 12.4. The standard InChI is InChI=1S/C20H29N3O5S/c1-2-29(25,26)23-12-8-15(9-13-23)21-19(24)22-16-6-7-17-18(14-16)28-20(27-17)10-4-3-5-11-20/h6-7,14-15H,2-5,8-13H2,1H3,(H2,21,22,24). The van der Waals surface area contributed by atoms with Crippen LogP contribution >= 0.6 is 0 Å². The summed E-state index contributed by atoms with van der Waals surface area (Å²) in [6, 6.07) is 5.10. The number of amides is 2. The Morgan fingerprint density at radius 1 is 1.14 bits per heavy atom. The fraction of sp³-hybridized carbons (Fsp3) is 0.650. The Balaban J connectivity index is 1.30. The predicted octanol–water partition coefficient (Wildman–Crippen LogP) is 3.05. The van der Waals surface area contributed by atoms with E-state index in [4.69, 9.17) is 9.47 Å². The monoisotopic (exact) mass is 423 g/mol. The van der Waals surface area contributed by atoms with Crippen molar-refractivity contribution in [2.24, 2.45) is 0 Å². The van der Waals surface area contributed by atoms with Crippen LogP contribution in [0.2, 0.25) is 0 Å². The molecule has 2 N–H and O–H groups in total. The second-order valence-corrected chi connectivity index (χ2v) is 10.3. The summed E-state index contributed by atoms with van der Waals surface area (Å²) in [5, 5.41) is 5.78. The van der Waals surface area contributed by atoms with Gasteiger partial charge in [-0.05, 0) is 44.7 Å². The third-order valence-electron chi connectivity index (χ3n) is 5.96. The van der Waals surface area contributed by atoms with E-state index in [1.165, 1.54) is 10.7 Å². The first-order valence-electron chi connectivity index (χ1n) is 10.5. The molecule has 1 aromatic rings. The van der Waals surface area contributed by atoms with E-state index < -0.39 is 15.8 Å². The van der Waals surface area contributed by atoms with Crippen molar-refractivity contribution in [2.45, 2.75) is 63.7 Å². The summed E-state index contributed by atoms with van der Waals surface area (Å²) < 4.78 is 37.5. The van der Waals surface area contributed by atoms with E-state index in [0.29, 0.717) is 37.4 Å². The Bertz CT molecular complexity index is 859. The smallest absolute Gasteiger partial charge is 0.319 e. The lowest BCUT2D eigenvalue weighted by molar-refractivity contribution is -0.105. The van der Waals surface area contributed by atoms with Gasteiger partial charge >= 0.3 is 6.03 Å². The molecule has 0 aromatic heterocycles. The minimum atomic E-state index is -3.16. The van der Waals surface area contributed by atoms with Gasteiger partial charge in [0.15, 0.2) is 11.5 Å². The van der Waals surface area contributed by atoms with Gasteiger partial charge in [-0.3, -0.25) is 0 Å². The van der Waals surface area contributed by atoms with Crippen LogP contribution in [0.15, 0.2) is 18.2 Å². The third kappa shape index (κ3) is 4.45. The van der Waals surface area contributed by atoms with Crippen molar-refractivity contribution in [1.82, 2.24) is 9.62 Å². The van der Waals surface area contributed by atoms with Gasteiger partial charge < -0.3 is 20.1 Å².